The lowest BCUT2D eigenvalue weighted by Gasteiger charge is -2.44. The number of halogens is 3. The molecule has 92 valence electrons. The van der Waals surface area contributed by atoms with Gasteiger partial charge in [0.15, 0.2) is 0 Å². The molecule has 0 rings (SSSR count). The van der Waals surface area contributed by atoms with Gasteiger partial charge in [-0.2, -0.15) is 13.2 Å². The molecule has 4 heteroatoms. The Balaban J connectivity index is 4.97. The monoisotopic (exact) mass is 225 g/mol. The van der Waals surface area contributed by atoms with Crippen LogP contribution in [0.1, 0.15) is 41.0 Å². The molecule has 0 unspecified atom stereocenters. The molecule has 0 aromatic carbocycles. The highest BCUT2D eigenvalue weighted by molar-refractivity contribution is 4.93. The lowest BCUT2D eigenvalue weighted by Crippen LogP contribution is -2.58. The fraction of sp³-hybridized carbons (Fsp3) is 1.00. The molecule has 0 N–H and O–H groups in total. The van der Waals surface area contributed by atoms with Gasteiger partial charge in [-0.1, -0.05) is 20.8 Å². The summed E-state index contributed by atoms with van der Waals surface area (Å²) in [5.74, 6) is 0.211. The maximum atomic E-state index is 12.9. The minimum atomic E-state index is -4.18. The van der Waals surface area contributed by atoms with Crippen LogP contribution in [0.25, 0.3) is 0 Å². The van der Waals surface area contributed by atoms with Gasteiger partial charge in [-0.25, -0.2) is 0 Å². The normalized spacial score (nSPS) is 19.4. The predicted octanol–water partition coefficient (Wildman–Crippen LogP) is 3.69. The SMILES string of the molecule is CC[C@](C)(N(C)[C@H](C)C(C)C)C(F)(F)F. The van der Waals surface area contributed by atoms with Gasteiger partial charge in [-0.15, -0.1) is 0 Å². The molecule has 0 aliphatic rings. The van der Waals surface area contributed by atoms with Gasteiger partial charge in [-0.3, -0.25) is 4.90 Å². The standard InChI is InChI=1S/C11H22F3N/c1-7-10(5,11(12,13)14)15(6)9(4)8(2)3/h8-9H,7H2,1-6H3/t9-,10+/m1/s1. The largest absolute Gasteiger partial charge is 0.406 e. The molecule has 0 heterocycles. The minimum Gasteiger partial charge on any atom is -0.290 e. The Hall–Kier alpha value is -0.250. The van der Waals surface area contributed by atoms with E-state index >= 15 is 0 Å². The van der Waals surface area contributed by atoms with Crippen molar-refractivity contribution in [3.8, 4) is 0 Å². The highest BCUT2D eigenvalue weighted by Gasteiger charge is 2.53. The van der Waals surface area contributed by atoms with Crippen molar-refractivity contribution in [3.05, 3.63) is 0 Å². The van der Waals surface area contributed by atoms with Crippen LogP contribution in [0, 0.1) is 5.92 Å². The van der Waals surface area contributed by atoms with E-state index in [4.69, 9.17) is 0 Å². The molecule has 1 nitrogen and oxygen atoms in total. The van der Waals surface area contributed by atoms with E-state index in [0.717, 1.165) is 0 Å². The summed E-state index contributed by atoms with van der Waals surface area (Å²) in [5.41, 5.74) is -1.73. The Morgan fingerprint density at radius 2 is 1.53 bits per heavy atom. The molecule has 0 spiro atoms. The molecule has 0 aliphatic heterocycles. The minimum absolute atomic E-state index is 0.0735. The molecule has 0 aromatic heterocycles. The topological polar surface area (TPSA) is 3.24 Å². The van der Waals surface area contributed by atoms with Crippen LogP contribution in [-0.4, -0.2) is 29.7 Å². The fourth-order valence-corrected chi connectivity index (χ4v) is 1.55. The van der Waals surface area contributed by atoms with Crippen molar-refractivity contribution in [2.24, 2.45) is 5.92 Å². The van der Waals surface area contributed by atoms with E-state index in [0.29, 0.717) is 0 Å². The van der Waals surface area contributed by atoms with Crippen molar-refractivity contribution >= 4 is 0 Å². The van der Waals surface area contributed by atoms with Gasteiger partial charge in [0.05, 0.1) is 0 Å². The van der Waals surface area contributed by atoms with Gasteiger partial charge in [0.2, 0.25) is 0 Å². The second kappa shape index (κ2) is 4.73. The summed E-state index contributed by atoms with van der Waals surface area (Å²) in [6.07, 6.45) is -4.11. The highest BCUT2D eigenvalue weighted by Crippen LogP contribution is 2.38. The lowest BCUT2D eigenvalue weighted by atomic mass is 9.91. The number of rotatable bonds is 4. The van der Waals surface area contributed by atoms with Crippen LogP contribution in [-0.2, 0) is 0 Å². The summed E-state index contributed by atoms with van der Waals surface area (Å²) in [4.78, 5) is 1.44. The number of nitrogens with zero attached hydrogens (tertiary/aromatic N) is 1. The average Bonchev–Trinajstić information content (AvgIpc) is 2.12. The maximum Gasteiger partial charge on any atom is 0.406 e. The van der Waals surface area contributed by atoms with Crippen LogP contribution >= 0.6 is 0 Å². The highest BCUT2D eigenvalue weighted by atomic mass is 19.4. The number of hydrogen-bond acceptors (Lipinski definition) is 1. The summed E-state index contributed by atoms with van der Waals surface area (Å²) in [6.45, 7) is 8.56. The molecule has 2 atom stereocenters. The quantitative estimate of drug-likeness (QED) is 0.705. The summed E-state index contributed by atoms with van der Waals surface area (Å²) in [7, 11) is 1.56. The first-order valence-electron chi connectivity index (χ1n) is 5.37. The van der Waals surface area contributed by atoms with Gasteiger partial charge >= 0.3 is 6.18 Å². The molecule has 0 amide bonds. The molecular weight excluding hydrogens is 203 g/mol. The van der Waals surface area contributed by atoms with Gasteiger partial charge in [-0.05, 0) is 33.2 Å². The number of hydrogen-bond donors (Lipinski definition) is 0. The first kappa shape index (κ1) is 14.8. The van der Waals surface area contributed by atoms with Crippen molar-refractivity contribution < 1.29 is 13.2 Å². The zero-order valence-electron chi connectivity index (χ0n) is 10.4. The van der Waals surface area contributed by atoms with Gasteiger partial charge in [0, 0.05) is 6.04 Å². The second-order valence-corrected chi connectivity index (χ2v) is 4.72. The van der Waals surface area contributed by atoms with Crippen molar-refractivity contribution in [1.29, 1.82) is 0 Å². The molecular formula is C11H22F3N. The summed E-state index contributed by atoms with van der Waals surface area (Å²) >= 11 is 0. The molecule has 0 radical (unpaired) electrons. The van der Waals surface area contributed by atoms with Crippen LogP contribution < -0.4 is 0 Å². The lowest BCUT2D eigenvalue weighted by molar-refractivity contribution is -0.231. The van der Waals surface area contributed by atoms with Crippen LogP contribution in [0.5, 0.6) is 0 Å². The van der Waals surface area contributed by atoms with Crippen molar-refractivity contribution in [2.45, 2.75) is 58.8 Å². The van der Waals surface area contributed by atoms with Crippen LogP contribution in [0.4, 0.5) is 13.2 Å². The van der Waals surface area contributed by atoms with E-state index in [2.05, 4.69) is 0 Å². The molecule has 0 bridgehead atoms. The molecule has 0 aromatic rings. The first-order valence-corrected chi connectivity index (χ1v) is 5.37. The summed E-state index contributed by atoms with van der Waals surface area (Å²) in [6, 6.07) is -0.0865. The van der Waals surface area contributed by atoms with E-state index in [1.165, 1.54) is 11.8 Å². The third-order valence-corrected chi connectivity index (χ3v) is 3.65. The van der Waals surface area contributed by atoms with E-state index in [1.54, 1.807) is 14.0 Å². The smallest absolute Gasteiger partial charge is 0.290 e. The fourth-order valence-electron chi connectivity index (χ4n) is 1.55. The second-order valence-electron chi connectivity index (χ2n) is 4.72. The van der Waals surface area contributed by atoms with E-state index in [9.17, 15) is 13.2 Å². The predicted molar refractivity (Wildman–Crippen MR) is 56.8 cm³/mol. The third kappa shape index (κ3) is 2.86. The van der Waals surface area contributed by atoms with Gasteiger partial charge < -0.3 is 0 Å². The van der Waals surface area contributed by atoms with Crippen LogP contribution in [0.15, 0.2) is 0 Å². The third-order valence-electron chi connectivity index (χ3n) is 3.65. The number of alkyl halides is 3. The first-order chi connectivity index (χ1) is 6.58. The molecule has 0 saturated carbocycles. The molecule has 15 heavy (non-hydrogen) atoms. The molecule has 0 fully saturated rings. The van der Waals surface area contributed by atoms with Crippen molar-refractivity contribution in [1.82, 2.24) is 4.90 Å². The molecule has 0 saturated heterocycles. The summed E-state index contributed by atoms with van der Waals surface area (Å²) < 4.78 is 38.8. The Labute approximate surface area is 90.6 Å². The van der Waals surface area contributed by atoms with E-state index in [-0.39, 0.29) is 18.4 Å². The van der Waals surface area contributed by atoms with E-state index < -0.39 is 11.7 Å². The maximum absolute atomic E-state index is 12.9. The Morgan fingerprint density at radius 3 is 1.73 bits per heavy atom. The average molecular weight is 225 g/mol. The van der Waals surface area contributed by atoms with Crippen LogP contribution in [0.3, 0.4) is 0 Å². The van der Waals surface area contributed by atoms with Crippen LogP contribution in [0.2, 0.25) is 0 Å². The Kier molecular flexibility index (Phi) is 4.65. The zero-order chi connectivity index (χ0) is 12.4. The van der Waals surface area contributed by atoms with Crippen molar-refractivity contribution in [3.63, 3.8) is 0 Å². The Morgan fingerprint density at radius 1 is 1.13 bits per heavy atom. The van der Waals surface area contributed by atoms with Crippen molar-refractivity contribution in [2.75, 3.05) is 7.05 Å². The van der Waals surface area contributed by atoms with Gasteiger partial charge in [0.1, 0.15) is 5.54 Å². The molecule has 0 aliphatic carbocycles. The van der Waals surface area contributed by atoms with E-state index in [1.807, 2.05) is 20.8 Å². The zero-order valence-corrected chi connectivity index (χ0v) is 10.4. The Bertz CT molecular complexity index is 200. The van der Waals surface area contributed by atoms with Gasteiger partial charge in [0.25, 0.3) is 0 Å². The summed E-state index contributed by atoms with van der Waals surface area (Å²) in [5, 5.41) is 0.